The number of thiazole rings is 1. The van der Waals surface area contributed by atoms with Crippen LogP contribution in [0.2, 0.25) is 5.02 Å². The topological polar surface area (TPSA) is 57.8 Å². The van der Waals surface area contributed by atoms with Crippen LogP contribution in [0, 0.1) is 0 Å². The van der Waals surface area contributed by atoms with E-state index in [4.69, 9.17) is 16.6 Å². The van der Waals surface area contributed by atoms with Crippen molar-refractivity contribution >= 4 is 33.9 Å². The van der Waals surface area contributed by atoms with Crippen molar-refractivity contribution in [2.24, 2.45) is 0 Å². The van der Waals surface area contributed by atoms with E-state index < -0.39 is 12.0 Å². The molecule has 0 saturated heterocycles. The monoisotopic (exact) mass is 349 g/mol. The number of carboxylic acids is 1. The third kappa shape index (κ3) is 3.10. The van der Waals surface area contributed by atoms with Gasteiger partial charge in [-0.1, -0.05) is 23.7 Å². The average molecular weight is 350 g/mol. The Labute approximate surface area is 142 Å². The van der Waals surface area contributed by atoms with Gasteiger partial charge < -0.3 is 5.11 Å². The standard InChI is InChI=1S/C16H16ClN3O2S/c1-10(15(21)22)19(2)9-13-14(11-3-5-12(17)6-4-11)18-16-20(13)7-8-23-16/h3-8,10H,9H2,1-2H3,(H,21,22). The molecule has 23 heavy (non-hydrogen) atoms. The van der Waals surface area contributed by atoms with Crippen LogP contribution in [0.3, 0.4) is 0 Å². The zero-order valence-electron chi connectivity index (χ0n) is 12.7. The Morgan fingerprint density at radius 2 is 2.13 bits per heavy atom. The van der Waals surface area contributed by atoms with Crippen LogP contribution in [-0.4, -0.2) is 38.4 Å². The number of hydrogen-bond acceptors (Lipinski definition) is 4. The number of imidazole rings is 1. The van der Waals surface area contributed by atoms with Gasteiger partial charge in [0.2, 0.25) is 0 Å². The molecule has 1 N–H and O–H groups in total. The lowest BCUT2D eigenvalue weighted by Gasteiger charge is -2.21. The Balaban J connectivity index is 2.03. The molecular weight excluding hydrogens is 334 g/mol. The number of carbonyl (C=O) groups is 1. The third-order valence-corrected chi connectivity index (χ3v) is 4.91. The van der Waals surface area contributed by atoms with Crippen molar-refractivity contribution in [1.29, 1.82) is 0 Å². The van der Waals surface area contributed by atoms with Gasteiger partial charge >= 0.3 is 5.97 Å². The minimum absolute atomic E-state index is 0.489. The van der Waals surface area contributed by atoms with E-state index in [0.717, 1.165) is 21.9 Å². The van der Waals surface area contributed by atoms with Crippen LogP contribution in [0.15, 0.2) is 35.8 Å². The van der Waals surface area contributed by atoms with Crippen molar-refractivity contribution in [3.05, 3.63) is 46.6 Å². The summed E-state index contributed by atoms with van der Waals surface area (Å²) in [5.74, 6) is -0.841. The summed E-state index contributed by atoms with van der Waals surface area (Å²) in [5, 5.41) is 11.8. The number of likely N-dealkylation sites (N-methyl/N-ethyl adjacent to an activating group) is 1. The Morgan fingerprint density at radius 1 is 1.43 bits per heavy atom. The summed E-state index contributed by atoms with van der Waals surface area (Å²) in [6.07, 6.45) is 1.96. The van der Waals surface area contributed by atoms with Gasteiger partial charge in [-0.05, 0) is 26.1 Å². The molecule has 2 aromatic heterocycles. The number of hydrogen-bond donors (Lipinski definition) is 1. The molecular formula is C16H16ClN3O2S. The van der Waals surface area contributed by atoms with Crippen molar-refractivity contribution in [3.8, 4) is 11.3 Å². The zero-order chi connectivity index (χ0) is 16.6. The van der Waals surface area contributed by atoms with E-state index in [1.54, 1.807) is 30.2 Å². The average Bonchev–Trinajstić information content (AvgIpc) is 3.10. The summed E-state index contributed by atoms with van der Waals surface area (Å²) in [6, 6.07) is 6.95. The van der Waals surface area contributed by atoms with Gasteiger partial charge in [0.15, 0.2) is 4.96 Å². The number of aliphatic carboxylic acids is 1. The van der Waals surface area contributed by atoms with Gasteiger partial charge in [0.1, 0.15) is 6.04 Å². The molecule has 3 rings (SSSR count). The highest BCUT2D eigenvalue weighted by molar-refractivity contribution is 7.15. The number of fused-ring (bicyclic) bond motifs is 1. The van der Waals surface area contributed by atoms with E-state index in [1.807, 2.05) is 40.2 Å². The van der Waals surface area contributed by atoms with Crippen molar-refractivity contribution in [1.82, 2.24) is 14.3 Å². The van der Waals surface area contributed by atoms with Crippen LogP contribution in [0.1, 0.15) is 12.6 Å². The maximum absolute atomic E-state index is 11.2. The molecule has 0 aliphatic heterocycles. The van der Waals surface area contributed by atoms with Gasteiger partial charge in [-0.15, -0.1) is 11.3 Å². The summed E-state index contributed by atoms with van der Waals surface area (Å²) < 4.78 is 2.01. The van der Waals surface area contributed by atoms with Gasteiger partial charge in [-0.3, -0.25) is 14.1 Å². The quantitative estimate of drug-likeness (QED) is 0.764. The lowest BCUT2D eigenvalue weighted by Crippen LogP contribution is -2.35. The second-order valence-electron chi connectivity index (χ2n) is 5.40. The van der Waals surface area contributed by atoms with Crippen molar-refractivity contribution < 1.29 is 9.90 Å². The highest BCUT2D eigenvalue weighted by Crippen LogP contribution is 2.28. The molecule has 1 aromatic carbocycles. The first-order chi connectivity index (χ1) is 11.0. The summed E-state index contributed by atoms with van der Waals surface area (Å²) in [4.78, 5) is 18.6. The van der Waals surface area contributed by atoms with E-state index in [1.165, 1.54) is 0 Å². The fourth-order valence-corrected chi connectivity index (χ4v) is 3.24. The van der Waals surface area contributed by atoms with E-state index in [0.29, 0.717) is 11.6 Å². The van der Waals surface area contributed by atoms with Crippen molar-refractivity contribution in [2.75, 3.05) is 7.05 Å². The van der Waals surface area contributed by atoms with Crippen LogP contribution in [-0.2, 0) is 11.3 Å². The van der Waals surface area contributed by atoms with Gasteiger partial charge in [0, 0.05) is 28.7 Å². The van der Waals surface area contributed by atoms with Crippen LogP contribution in [0.25, 0.3) is 16.2 Å². The Hall–Kier alpha value is -1.89. The molecule has 0 spiro atoms. The van der Waals surface area contributed by atoms with Gasteiger partial charge in [0.05, 0.1) is 11.4 Å². The first kappa shape index (κ1) is 16.0. The minimum Gasteiger partial charge on any atom is -0.480 e. The number of benzene rings is 1. The van der Waals surface area contributed by atoms with E-state index in [9.17, 15) is 9.90 Å². The molecule has 5 nitrogen and oxygen atoms in total. The number of halogens is 1. The largest absolute Gasteiger partial charge is 0.480 e. The molecule has 0 bridgehead atoms. The van der Waals surface area contributed by atoms with Crippen LogP contribution >= 0.6 is 22.9 Å². The predicted octanol–water partition coefficient (Wildman–Crippen LogP) is 3.62. The molecule has 1 atom stereocenters. The third-order valence-electron chi connectivity index (χ3n) is 3.90. The number of carboxylic acid groups (broad SMARTS) is 1. The Kier molecular flexibility index (Phi) is 4.39. The summed E-state index contributed by atoms with van der Waals surface area (Å²) in [7, 11) is 1.80. The second-order valence-corrected chi connectivity index (χ2v) is 6.71. The maximum Gasteiger partial charge on any atom is 0.320 e. The number of nitrogens with zero attached hydrogens (tertiary/aromatic N) is 3. The fraction of sp³-hybridized carbons (Fsp3) is 0.250. The maximum atomic E-state index is 11.2. The van der Waals surface area contributed by atoms with E-state index >= 15 is 0 Å². The predicted molar refractivity (Wildman–Crippen MR) is 92.1 cm³/mol. The molecule has 2 heterocycles. The Morgan fingerprint density at radius 3 is 2.78 bits per heavy atom. The summed E-state index contributed by atoms with van der Waals surface area (Å²) >= 11 is 7.51. The smallest absolute Gasteiger partial charge is 0.320 e. The summed E-state index contributed by atoms with van der Waals surface area (Å²) in [5.41, 5.74) is 2.80. The molecule has 120 valence electrons. The first-order valence-electron chi connectivity index (χ1n) is 7.11. The van der Waals surface area contributed by atoms with Crippen LogP contribution < -0.4 is 0 Å². The number of rotatable bonds is 5. The highest BCUT2D eigenvalue weighted by atomic mass is 35.5. The SMILES string of the molecule is CC(C(=O)O)N(C)Cc1c(-c2ccc(Cl)cc2)nc2sccn12. The number of aromatic nitrogens is 2. The molecule has 0 saturated carbocycles. The minimum atomic E-state index is -0.841. The van der Waals surface area contributed by atoms with Gasteiger partial charge in [0.25, 0.3) is 0 Å². The van der Waals surface area contributed by atoms with Gasteiger partial charge in [-0.2, -0.15) is 0 Å². The van der Waals surface area contributed by atoms with Crippen molar-refractivity contribution in [3.63, 3.8) is 0 Å². The van der Waals surface area contributed by atoms with Gasteiger partial charge in [-0.25, -0.2) is 4.98 Å². The molecule has 0 radical (unpaired) electrons. The normalized spacial score (nSPS) is 12.9. The zero-order valence-corrected chi connectivity index (χ0v) is 14.3. The second kappa shape index (κ2) is 6.31. The summed E-state index contributed by atoms with van der Waals surface area (Å²) in [6.45, 7) is 2.17. The van der Waals surface area contributed by atoms with E-state index in [-0.39, 0.29) is 0 Å². The van der Waals surface area contributed by atoms with Crippen LogP contribution in [0.4, 0.5) is 0 Å². The molecule has 0 aliphatic carbocycles. The molecule has 3 aromatic rings. The Bertz CT molecular complexity index is 841. The van der Waals surface area contributed by atoms with Crippen molar-refractivity contribution in [2.45, 2.75) is 19.5 Å². The molecule has 0 amide bonds. The molecule has 0 aliphatic rings. The molecule has 7 heteroatoms. The lowest BCUT2D eigenvalue weighted by molar-refractivity contribution is -0.142. The highest BCUT2D eigenvalue weighted by Gasteiger charge is 2.21. The lowest BCUT2D eigenvalue weighted by atomic mass is 10.1. The first-order valence-corrected chi connectivity index (χ1v) is 8.36. The fourth-order valence-electron chi connectivity index (χ4n) is 2.38. The van der Waals surface area contributed by atoms with E-state index in [2.05, 4.69) is 0 Å². The molecule has 0 fully saturated rings. The molecule has 1 unspecified atom stereocenters. The van der Waals surface area contributed by atoms with Crippen LogP contribution in [0.5, 0.6) is 0 Å².